The van der Waals surface area contributed by atoms with Gasteiger partial charge in [-0.15, -0.1) is 23.2 Å². The second-order valence-electron chi connectivity index (χ2n) is 12.4. The minimum absolute atomic E-state index is 0.0500. The summed E-state index contributed by atoms with van der Waals surface area (Å²) in [7, 11) is 0. The number of amides is 4. The highest BCUT2D eigenvalue weighted by molar-refractivity contribution is 6.58. The number of para-hydroxylation sites is 1. The number of hydrogen-bond acceptors (Lipinski definition) is 6. The van der Waals surface area contributed by atoms with Gasteiger partial charge in [0.2, 0.25) is 11.8 Å². The first kappa shape index (κ1) is 31.5. The lowest BCUT2D eigenvalue weighted by Gasteiger charge is -2.50. The molecule has 1 saturated carbocycles. The average Bonchev–Trinajstić information content (AvgIpc) is 3.42. The molecule has 3 aromatic carbocycles. The van der Waals surface area contributed by atoms with Gasteiger partial charge < -0.3 is 9.84 Å². The molecule has 8 nitrogen and oxygen atoms in total. The maximum absolute atomic E-state index is 14.5. The largest absolute Gasteiger partial charge is 0.491 e. The van der Waals surface area contributed by atoms with Crippen LogP contribution in [0.15, 0.2) is 84.4 Å². The third kappa shape index (κ3) is 4.50. The lowest BCUT2D eigenvalue weighted by Crippen LogP contribution is -2.60. The van der Waals surface area contributed by atoms with Crippen LogP contribution in [0.2, 0.25) is 0 Å². The van der Waals surface area contributed by atoms with E-state index in [2.05, 4.69) is 0 Å². The van der Waals surface area contributed by atoms with Crippen molar-refractivity contribution in [3.05, 3.63) is 101 Å². The third-order valence-corrected chi connectivity index (χ3v) is 11.5. The van der Waals surface area contributed by atoms with Crippen LogP contribution in [0.25, 0.3) is 0 Å². The van der Waals surface area contributed by atoms with Gasteiger partial charge in [-0.05, 0) is 73.2 Å². The maximum atomic E-state index is 14.5. The normalized spacial score (nSPS) is 29.9. The molecule has 47 heavy (non-hydrogen) atoms. The molecule has 2 aliphatic heterocycles. The number of allylic oxidation sites excluding steroid dienone is 2. The van der Waals surface area contributed by atoms with Crippen molar-refractivity contribution in [2.24, 2.45) is 17.8 Å². The number of nitrogens with zero attached hydrogens (tertiary/aromatic N) is 2. The Morgan fingerprint density at radius 1 is 0.872 bits per heavy atom. The number of halogens is 3. The monoisotopic (exact) mass is 676 g/mol. The number of imide groups is 2. The summed E-state index contributed by atoms with van der Waals surface area (Å²) in [5, 5.41) is 9.53. The number of carbonyl (C=O) groups excluding carboxylic acids is 4. The van der Waals surface area contributed by atoms with Gasteiger partial charge in [-0.3, -0.25) is 24.1 Å². The van der Waals surface area contributed by atoms with Gasteiger partial charge in [0.15, 0.2) is 9.75 Å². The zero-order chi connectivity index (χ0) is 33.2. The standard InChI is InChI=1S/C36H31Cl2FN2O6/c1-2-20-7-11-22(12-8-20)40-31(43)26-16-15-24-27(29(26)32(40)44)19-35(37)33(45)41(23-13-9-21(39)10-14-23)34(46)36(35,38)30(24)25-5-3-4-6-28(25)47-18-17-42/h3-15,26-27,29-30,42H,2,16-19H2,1H3/t26-,27+,29-,30+,35+,36-/m0/s1. The molecule has 7 rings (SSSR count). The van der Waals surface area contributed by atoms with E-state index in [0.29, 0.717) is 22.6 Å². The van der Waals surface area contributed by atoms with Crippen LogP contribution in [0.4, 0.5) is 15.8 Å². The van der Waals surface area contributed by atoms with Crippen LogP contribution in [0.1, 0.15) is 36.8 Å². The topological polar surface area (TPSA) is 104 Å². The summed E-state index contributed by atoms with van der Waals surface area (Å²) in [6, 6.07) is 19.0. The smallest absolute Gasteiger partial charge is 0.258 e. The molecule has 3 fully saturated rings. The number of aliphatic hydroxyl groups is 1. The van der Waals surface area contributed by atoms with E-state index in [1.54, 1.807) is 36.4 Å². The van der Waals surface area contributed by atoms with E-state index in [0.717, 1.165) is 29.0 Å². The maximum Gasteiger partial charge on any atom is 0.258 e. The molecule has 0 radical (unpaired) electrons. The summed E-state index contributed by atoms with van der Waals surface area (Å²) in [5.41, 5.74) is 2.68. The second kappa shape index (κ2) is 11.6. The summed E-state index contributed by atoms with van der Waals surface area (Å²) < 4.78 is 19.8. The Kier molecular flexibility index (Phi) is 7.77. The van der Waals surface area contributed by atoms with Gasteiger partial charge in [-0.1, -0.05) is 48.9 Å². The molecular weight excluding hydrogens is 646 g/mol. The van der Waals surface area contributed by atoms with E-state index in [-0.39, 0.29) is 37.6 Å². The summed E-state index contributed by atoms with van der Waals surface area (Å²) in [5.74, 6) is -5.91. The van der Waals surface area contributed by atoms with Crippen LogP contribution in [0, 0.1) is 23.6 Å². The van der Waals surface area contributed by atoms with Crippen molar-refractivity contribution in [3.8, 4) is 5.75 Å². The first-order chi connectivity index (χ1) is 22.6. The molecule has 2 aliphatic carbocycles. The minimum Gasteiger partial charge on any atom is -0.491 e. The number of aryl methyl sites for hydroxylation is 1. The quantitative estimate of drug-likeness (QED) is 0.201. The molecule has 11 heteroatoms. The van der Waals surface area contributed by atoms with Gasteiger partial charge >= 0.3 is 0 Å². The molecule has 0 aromatic heterocycles. The molecule has 4 aliphatic rings. The van der Waals surface area contributed by atoms with Gasteiger partial charge in [0.25, 0.3) is 11.8 Å². The molecular formula is C36H31Cl2FN2O6. The molecule has 1 N–H and O–H groups in total. The molecule has 2 saturated heterocycles. The Morgan fingerprint density at radius 2 is 1.53 bits per heavy atom. The molecule has 0 bridgehead atoms. The lowest BCUT2D eigenvalue weighted by molar-refractivity contribution is -0.125. The molecule has 4 amide bonds. The number of fused-ring (bicyclic) bond motifs is 4. The average molecular weight is 678 g/mol. The Morgan fingerprint density at radius 3 is 2.21 bits per heavy atom. The first-order valence-electron chi connectivity index (χ1n) is 15.6. The van der Waals surface area contributed by atoms with Gasteiger partial charge in [0.05, 0.1) is 29.8 Å². The molecule has 242 valence electrons. The number of alkyl halides is 2. The van der Waals surface area contributed by atoms with Crippen molar-refractivity contribution in [1.82, 2.24) is 0 Å². The predicted octanol–water partition coefficient (Wildman–Crippen LogP) is 5.53. The fourth-order valence-corrected chi connectivity index (χ4v) is 8.81. The number of anilines is 2. The number of hydrogen-bond donors (Lipinski definition) is 1. The van der Waals surface area contributed by atoms with Crippen LogP contribution in [-0.2, 0) is 25.6 Å². The SMILES string of the molecule is CCc1ccc(N2C(=O)[C@H]3[C@H](CC=C4[C@H]3C[C@@]3(Cl)C(=O)N(c5ccc(F)cc5)C(=O)[C@@]3(Cl)[C@H]4c3ccccc3OCCO)C2=O)cc1. The minimum atomic E-state index is -2.09. The number of rotatable bonds is 7. The summed E-state index contributed by atoms with van der Waals surface area (Å²) in [6.07, 6.45) is 2.68. The van der Waals surface area contributed by atoms with Crippen LogP contribution in [0.5, 0.6) is 5.75 Å². The second-order valence-corrected chi connectivity index (χ2v) is 13.6. The number of benzene rings is 3. The van der Waals surface area contributed by atoms with Gasteiger partial charge in [-0.25, -0.2) is 9.29 Å². The Labute approximate surface area is 280 Å². The Balaban J connectivity index is 1.39. The van der Waals surface area contributed by atoms with Crippen molar-refractivity contribution in [2.45, 2.75) is 41.9 Å². The molecule has 0 unspecified atom stereocenters. The Hall–Kier alpha value is -4.05. The summed E-state index contributed by atoms with van der Waals surface area (Å²) in [4.78, 5) is 55.1. The van der Waals surface area contributed by atoms with Crippen molar-refractivity contribution in [1.29, 1.82) is 0 Å². The summed E-state index contributed by atoms with van der Waals surface area (Å²) >= 11 is 14.9. The van der Waals surface area contributed by atoms with Gasteiger partial charge in [0, 0.05) is 11.5 Å². The van der Waals surface area contributed by atoms with Crippen LogP contribution in [0.3, 0.4) is 0 Å². The van der Waals surface area contributed by atoms with E-state index in [4.69, 9.17) is 27.9 Å². The van der Waals surface area contributed by atoms with Crippen molar-refractivity contribution in [2.75, 3.05) is 23.0 Å². The van der Waals surface area contributed by atoms with Crippen molar-refractivity contribution in [3.63, 3.8) is 0 Å². The molecule has 3 aromatic rings. The highest BCUT2D eigenvalue weighted by Crippen LogP contribution is 2.66. The summed E-state index contributed by atoms with van der Waals surface area (Å²) in [6.45, 7) is 1.69. The number of aliphatic hydroxyl groups excluding tert-OH is 1. The molecule has 2 heterocycles. The van der Waals surface area contributed by atoms with Crippen molar-refractivity contribution >= 4 is 58.2 Å². The first-order valence-corrected chi connectivity index (χ1v) is 16.3. The predicted molar refractivity (Wildman–Crippen MR) is 174 cm³/mol. The van der Waals surface area contributed by atoms with E-state index in [9.17, 15) is 28.7 Å². The fourth-order valence-electron chi connectivity index (χ4n) is 7.89. The zero-order valence-corrected chi connectivity index (χ0v) is 26.9. The van der Waals surface area contributed by atoms with E-state index in [1.165, 1.54) is 17.0 Å². The highest BCUT2D eigenvalue weighted by atomic mass is 35.5. The molecule has 0 spiro atoms. The Bertz CT molecular complexity index is 1830. The highest BCUT2D eigenvalue weighted by Gasteiger charge is 2.77. The van der Waals surface area contributed by atoms with E-state index >= 15 is 0 Å². The van der Waals surface area contributed by atoms with E-state index in [1.807, 2.05) is 25.1 Å². The van der Waals surface area contributed by atoms with Crippen molar-refractivity contribution < 1.29 is 33.4 Å². The number of carbonyl (C=O) groups is 4. The zero-order valence-electron chi connectivity index (χ0n) is 25.4. The van der Waals surface area contributed by atoms with Crippen LogP contribution < -0.4 is 14.5 Å². The fraction of sp³-hybridized carbons (Fsp3) is 0.333. The van der Waals surface area contributed by atoms with Gasteiger partial charge in [-0.2, -0.15) is 0 Å². The van der Waals surface area contributed by atoms with Crippen LogP contribution in [-0.4, -0.2) is 51.7 Å². The van der Waals surface area contributed by atoms with E-state index < -0.39 is 57.0 Å². The van der Waals surface area contributed by atoms with Gasteiger partial charge in [0.1, 0.15) is 18.2 Å². The molecule has 6 atom stereocenters. The lowest BCUT2D eigenvalue weighted by atomic mass is 9.56. The third-order valence-electron chi connectivity index (χ3n) is 10.1. The number of ether oxygens (including phenoxy) is 1. The van der Waals surface area contributed by atoms with Crippen LogP contribution >= 0.6 is 23.2 Å².